The van der Waals surface area contributed by atoms with Crippen LogP contribution < -0.4 is 5.32 Å². The summed E-state index contributed by atoms with van der Waals surface area (Å²) in [5, 5.41) is 3.48. The predicted molar refractivity (Wildman–Crippen MR) is 79.6 cm³/mol. The van der Waals surface area contributed by atoms with Crippen LogP contribution in [0.2, 0.25) is 0 Å². The summed E-state index contributed by atoms with van der Waals surface area (Å²) in [5.41, 5.74) is 1.40. The molecule has 2 atom stereocenters. The maximum absolute atomic E-state index is 5.20. The van der Waals surface area contributed by atoms with Gasteiger partial charge in [-0.2, -0.15) is 0 Å². The molecule has 0 aliphatic rings. The Morgan fingerprint density at radius 2 is 1.74 bits per heavy atom. The quantitative estimate of drug-likeness (QED) is 0.660. The zero-order valence-electron chi connectivity index (χ0n) is 12.4. The molecule has 108 valence electrons. The van der Waals surface area contributed by atoms with E-state index < -0.39 is 0 Å². The van der Waals surface area contributed by atoms with Crippen LogP contribution in [0.3, 0.4) is 0 Å². The van der Waals surface area contributed by atoms with Gasteiger partial charge < -0.3 is 14.8 Å². The van der Waals surface area contributed by atoms with Crippen molar-refractivity contribution in [3.8, 4) is 0 Å². The second-order valence-electron chi connectivity index (χ2n) is 4.97. The van der Waals surface area contributed by atoms with Crippen molar-refractivity contribution < 1.29 is 9.47 Å². The summed E-state index contributed by atoms with van der Waals surface area (Å²) in [5.74, 6) is 1.12. The third-order valence-corrected chi connectivity index (χ3v) is 3.54. The molecule has 0 spiro atoms. The fourth-order valence-corrected chi connectivity index (χ4v) is 2.28. The Balaban J connectivity index is 2.57. The standard InChI is InChI=1S/C16H27NO2/c1-14(9-11-18-2)16(13-17-10-12-19-3)15-7-5-4-6-8-15/h4-8,14,16-17H,9-13H2,1-3H3. The molecular formula is C16H27NO2. The van der Waals surface area contributed by atoms with Gasteiger partial charge in [0.05, 0.1) is 6.61 Å². The Hall–Kier alpha value is -0.900. The first-order valence-corrected chi connectivity index (χ1v) is 7.03. The highest BCUT2D eigenvalue weighted by atomic mass is 16.5. The van der Waals surface area contributed by atoms with Gasteiger partial charge in [0.15, 0.2) is 0 Å². The molecule has 0 saturated heterocycles. The molecule has 19 heavy (non-hydrogen) atoms. The van der Waals surface area contributed by atoms with Gasteiger partial charge in [-0.25, -0.2) is 0 Å². The van der Waals surface area contributed by atoms with Gasteiger partial charge in [-0.3, -0.25) is 0 Å². The van der Waals surface area contributed by atoms with Gasteiger partial charge in [-0.1, -0.05) is 37.3 Å². The number of benzene rings is 1. The molecule has 0 saturated carbocycles. The molecule has 1 N–H and O–H groups in total. The topological polar surface area (TPSA) is 30.5 Å². The van der Waals surface area contributed by atoms with E-state index in [0.29, 0.717) is 11.8 Å². The molecule has 0 aliphatic carbocycles. The number of methoxy groups -OCH3 is 2. The maximum Gasteiger partial charge on any atom is 0.0587 e. The van der Waals surface area contributed by atoms with E-state index in [1.807, 2.05) is 0 Å². The van der Waals surface area contributed by atoms with Crippen molar-refractivity contribution in [1.82, 2.24) is 5.32 Å². The number of hydrogen-bond acceptors (Lipinski definition) is 3. The molecule has 0 amide bonds. The molecule has 3 nitrogen and oxygen atoms in total. The van der Waals surface area contributed by atoms with Gasteiger partial charge in [0.25, 0.3) is 0 Å². The van der Waals surface area contributed by atoms with Crippen LogP contribution in [0.15, 0.2) is 30.3 Å². The second kappa shape index (κ2) is 9.96. The normalized spacial score (nSPS) is 14.3. The van der Waals surface area contributed by atoms with Crippen molar-refractivity contribution in [3.63, 3.8) is 0 Å². The summed E-state index contributed by atoms with van der Waals surface area (Å²) >= 11 is 0. The van der Waals surface area contributed by atoms with E-state index >= 15 is 0 Å². The lowest BCUT2D eigenvalue weighted by Gasteiger charge is -2.25. The van der Waals surface area contributed by atoms with Gasteiger partial charge in [0.1, 0.15) is 0 Å². The first kappa shape index (κ1) is 16.2. The molecule has 0 radical (unpaired) electrons. The molecule has 0 bridgehead atoms. The van der Waals surface area contributed by atoms with Crippen LogP contribution in [0.5, 0.6) is 0 Å². The van der Waals surface area contributed by atoms with E-state index in [1.54, 1.807) is 14.2 Å². The summed E-state index contributed by atoms with van der Waals surface area (Å²) in [7, 11) is 3.50. The molecule has 0 aromatic heterocycles. The Bertz CT molecular complexity index is 316. The highest BCUT2D eigenvalue weighted by molar-refractivity contribution is 5.20. The van der Waals surface area contributed by atoms with Crippen LogP contribution in [0.1, 0.15) is 24.8 Å². The Morgan fingerprint density at radius 1 is 1.05 bits per heavy atom. The van der Waals surface area contributed by atoms with Gasteiger partial charge in [0, 0.05) is 33.9 Å². The highest BCUT2D eigenvalue weighted by Crippen LogP contribution is 2.26. The zero-order valence-corrected chi connectivity index (χ0v) is 12.4. The third kappa shape index (κ3) is 6.19. The van der Waals surface area contributed by atoms with Crippen molar-refractivity contribution in [3.05, 3.63) is 35.9 Å². The van der Waals surface area contributed by atoms with E-state index in [0.717, 1.165) is 32.7 Å². The largest absolute Gasteiger partial charge is 0.385 e. The minimum Gasteiger partial charge on any atom is -0.385 e. The van der Waals surface area contributed by atoms with Crippen LogP contribution >= 0.6 is 0 Å². The van der Waals surface area contributed by atoms with Crippen LogP contribution in [0, 0.1) is 5.92 Å². The molecule has 1 aromatic rings. The van der Waals surface area contributed by atoms with Crippen molar-refractivity contribution >= 4 is 0 Å². The maximum atomic E-state index is 5.20. The Labute approximate surface area is 117 Å². The lowest BCUT2D eigenvalue weighted by molar-refractivity contribution is 0.172. The van der Waals surface area contributed by atoms with Gasteiger partial charge in [-0.05, 0) is 23.8 Å². The first-order chi connectivity index (χ1) is 9.29. The monoisotopic (exact) mass is 265 g/mol. The summed E-state index contributed by atoms with van der Waals surface area (Å²) in [4.78, 5) is 0. The van der Waals surface area contributed by atoms with Crippen LogP contribution in [-0.2, 0) is 9.47 Å². The molecule has 0 fully saturated rings. The number of rotatable bonds is 10. The molecule has 1 aromatic carbocycles. The van der Waals surface area contributed by atoms with Gasteiger partial charge in [-0.15, -0.1) is 0 Å². The van der Waals surface area contributed by atoms with E-state index in [1.165, 1.54) is 5.56 Å². The SMILES string of the molecule is COCCNCC(c1ccccc1)C(C)CCOC. The average Bonchev–Trinajstić information content (AvgIpc) is 2.46. The number of ether oxygens (including phenoxy) is 2. The second-order valence-corrected chi connectivity index (χ2v) is 4.97. The van der Waals surface area contributed by atoms with Gasteiger partial charge in [0.2, 0.25) is 0 Å². The highest BCUT2D eigenvalue weighted by Gasteiger charge is 2.18. The third-order valence-electron chi connectivity index (χ3n) is 3.54. The Kier molecular flexibility index (Phi) is 8.47. The molecule has 3 heteroatoms. The van der Waals surface area contributed by atoms with E-state index in [4.69, 9.17) is 9.47 Å². The molecule has 1 rings (SSSR count). The van der Waals surface area contributed by atoms with Crippen LogP contribution in [-0.4, -0.2) is 40.5 Å². The molecule has 0 heterocycles. The number of hydrogen-bond donors (Lipinski definition) is 1. The predicted octanol–water partition coefficient (Wildman–Crippen LogP) is 2.68. The van der Waals surface area contributed by atoms with Crippen molar-refractivity contribution in [2.45, 2.75) is 19.3 Å². The fourth-order valence-electron chi connectivity index (χ4n) is 2.28. The fraction of sp³-hybridized carbons (Fsp3) is 0.625. The minimum absolute atomic E-state index is 0.521. The van der Waals surface area contributed by atoms with E-state index in [-0.39, 0.29) is 0 Å². The molecule has 0 aliphatic heterocycles. The van der Waals surface area contributed by atoms with Crippen LogP contribution in [0.4, 0.5) is 0 Å². The van der Waals surface area contributed by atoms with Gasteiger partial charge >= 0.3 is 0 Å². The molecule has 2 unspecified atom stereocenters. The van der Waals surface area contributed by atoms with Crippen LogP contribution in [0.25, 0.3) is 0 Å². The smallest absolute Gasteiger partial charge is 0.0587 e. The van der Waals surface area contributed by atoms with E-state index in [9.17, 15) is 0 Å². The average molecular weight is 265 g/mol. The summed E-state index contributed by atoms with van der Waals surface area (Å²) in [6.07, 6.45) is 1.09. The number of nitrogens with one attached hydrogen (secondary N) is 1. The molecular weight excluding hydrogens is 238 g/mol. The lowest BCUT2D eigenvalue weighted by Crippen LogP contribution is -2.28. The lowest BCUT2D eigenvalue weighted by atomic mass is 9.85. The van der Waals surface area contributed by atoms with Crippen molar-refractivity contribution in [2.24, 2.45) is 5.92 Å². The summed E-state index contributed by atoms with van der Waals surface area (Å²) < 4.78 is 10.3. The van der Waals surface area contributed by atoms with Crippen molar-refractivity contribution in [1.29, 1.82) is 0 Å². The first-order valence-electron chi connectivity index (χ1n) is 7.03. The van der Waals surface area contributed by atoms with E-state index in [2.05, 4.69) is 42.6 Å². The zero-order chi connectivity index (χ0) is 13.9. The summed E-state index contributed by atoms with van der Waals surface area (Å²) in [6.45, 7) is 5.76. The minimum atomic E-state index is 0.521. The van der Waals surface area contributed by atoms with Crippen molar-refractivity contribution in [2.75, 3.05) is 40.5 Å². The Morgan fingerprint density at radius 3 is 2.37 bits per heavy atom. The summed E-state index contributed by atoms with van der Waals surface area (Å²) in [6, 6.07) is 10.7.